The summed E-state index contributed by atoms with van der Waals surface area (Å²) >= 11 is 0. The van der Waals surface area contributed by atoms with E-state index in [1.54, 1.807) is 42.2 Å². The molecule has 2 heterocycles. The summed E-state index contributed by atoms with van der Waals surface area (Å²) in [5.41, 5.74) is 5.43. The molecule has 3 amide bonds. The topological polar surface area (TPSA) is 110 Å². The number of primary amides is 1. The molecule has 0 radical (unpaired) electrons. The maximum atomic E-state index is 13.1. The van der Waals surface area contributed by atoms with Crippen LogP contribution in [0.25, 0.3) is 0 Å². The fourth-order valence-corrected chi connectivity index (χ4v) is 3.95. The molecule has 148 valence electrons. The molecule has 2 aliphatic heterocycles. The highest BCUT2D eigenvalue weighted by molar-refractivity contribution is 6.10. The zero-order valence-corrected chi connectivity index (χ0v) is 15.8. The van der Waals surface area contributed by atoms with Crippen LogP contribution in [0, 0.1) is 0 Å². The number of esters is 1. The lowest BCUT2D eigenvalue weighted by Crippen LogP contribution is -2.63. The van der Waals surface area contributed by atoms with E-state index in [9.17, 15) is 19.2 Å². The maximum Gasteiger partial charge on any atom is 0.331 e. The first-order chi connectivity index (χ1) is 13.8. The molecule has 4 rings (SSSR count). The molecule has 2 aromatic rings. The van der Waals surface area contributed by atoms with Gasteiger partial charge in [-0.25, -0.2) is 4.79 Å². The second-order valence-electron chi connectivity index (χ2n) is 7.22. The quantitative estimate of drug-likeness (QED) is 0.628. The number of anilines is 1. The zero-order valence-electron chi connectivity index (χ0n) is 15.8. The number of para-hydroxylation sites is 1. The molecule has 0 bridgehead atoms. The molecule has 1 unspecified atom stereocenters. The molecule has 0 aromatic heterocycles. The molecule has 1 atom stereocenters. The number of hydrogen-bond donors (Lipinski definition) is 1. The lowest BCUT2D eigenvalue weighted by molar-refractivity contribution is -0.136. The number of ether oxygens (including phenoxy) is 1. The molecule has 0 aliphatic carbocycles. The number of benzene rings is 2. The van der Waals surface area contributed by atoms with E-state index in [2.05, 4.69) is 0 Å². The minimum absolute atomic E-state index is 0.0972. The molecular formula is C21H19N3O5. The molecule has 1 saturated heterocycles. The Kier molecular flexibility index (Phi) is 4.34. The van der Waals surface area contributed by atoms with Crippen LogP contribution < -0.4 is 15.4 Å². The van der Waals surface area contributed by atoms with E-state index >= 15 is 0 Å². The predicted octanol–water partition coefficient (Wildman–Crippen LogP) is 1.69. The highest BCUT2D eigenvalue weighted by atomic mass is 16.5. The number of fused-ring (bicyclic) bond motifs is 3. The summed E-state index contributed by atoms with van der Waals surface area (Å²) in [5, 5.41) is 0. The first-order valence-electron chi connectivity index (χ1n) is 9.16. The van der Waals surface area contributed by atoms with Gasteiger partial charge in [0.05, 0.1) is 11.3 Å². The number of rotatable bonds is 4. The van der Waals surface area contributed by atoms with Gasteiger partial charge in [-0.2, -0.15) is 0 Å². The Bertz CT molecular complexity index is 1050. The van der Waals surface area contributed by atoms with Gasteiger partial charge < -0.3 is 15.4 Å². The van der Waals surface area contributed by atoms with Crippen LogP contribution in [0.3, 0.4) is 0 Å². The fraction of sp³-hybridized carbons (Fsp3) is 0.238. The molecule has 2 aromatic carbocycles. The number of amides is 3. The summed E-state index contributed by atoms with van der Waals surface area (Å²) in [5.74, 6) is -1.60. The van der Waals surface area contributed by atoms with Crippen LogP contribution in [-0.4, -0.2) is 40.8 Å². The number of hydrogen-bond acceptors (Lipinski definition) is 5. The molecule has 2 N–H and O–H groups in total. The van der Waals surface area contributed by atoms with Crippen LogP contribution in [0.15, 0.2) is 48.5 Å². The maximum absolute atomic E-state index is 13.1. The summed E-state index contributed by atoms with van der Waals surface area (Å²) in [6.07, 6.45) is 0.695. The summed E-state index contributed by atoms with van der Waals surface area (Å²) in [6, 6.07) is 12.8. The first kappa shape index (κ1) is 18.7. The Labute approximate surface area is 166 Å². The SMILES string of the molecule is CC12CCC(=O)N1c1ccccc1C(=O)N2CC(=O)Oc1cccc(C(N)=O)c1. The van der Waals surface area contributed by atoms with Gasteiger partial charge in [-0.1, -0.05) is 18.2 Å². The smallest absolute Gasteiger partial charge is 0.331 e. The van der Waals surface area contributed by atoms with Crippen molar-refractivity contribution in [2.24, 2.45) is 5.73 Å². The molecule has 29 heavy (non-hydrogen) atoms. The van der Waals surface area contributed by atoms with Gasteiger partial charge in [0.15, 0.2) is 0 Å². The van der Waals surface area contributed by atoms with E-state index in [1.807, 2.05) is 0 Å². The summed E-state index contributed by atoms with van der Waals surface area (Å²) in [7, 11) is 0. The lowest BCUT2D eigenvalue weighted by Gasteiger charge is -2.48. The summed E-state index contributed by atoms with van der Waals surface area (Å²) in [4.78, 5) is 52.5. The third-order valence-corrected chi connectivity index (χ3v) is 5.38. The van der Waals surface area contributed by atoms with Crippen molar-refractivity contribution in [3.05, 3.63) is 59.7 Å². The van der Waals surface area contributed by atoms with Gasteiger partial charge >= 0.3 is 5.97 Å². The van der Waals surface area contributed by atoms with Crippen molar-refractivity contribution in [2.45, 2.75) is 25.4 Å². The third kappa shape index (κ3) is 3.02. The largest absolute Gasteiger partial charge is 0.425 e. The van der Waals surface area contributed by atoms with E-state index in [4.69, 9.17) is 10.5 Å². The zero-order chi connectivity index (χ0) is 20.8. The van der Waals surface area contributed by atoms with E-state index in [-0.39, 0.29) is 36.1 Å². The Morgan fingerprint density at radius 1 is 1.14 bits per heavy atom. The molecule has 2 aliphatic rings. The molecule has 8 nitrogen and oxygen atoms in total. The second-order valence-corrected chi connectivity index (χ2v) is 7.22. The molecule has 0 saturated carbocycles. The van der Waals surface area contributed by atoms with Crippen molar-refractivity contribution >= 4 is 29.4 Å². The summed E-state index contributed by atoms with van der Waals surface area (Å²) < 4.78 is 5.32. The predicted molar refractivity (Wildman–Crippen MR) is 103 cm³/mol. The van der Waals surface area contributed by atoms with Crippen molar-refractivity contribution in [1.29, 1.82) is 0 Å². The average Bonchev–Trinajstić information content (AvgIpc) is 3.01. The van der Waals surface area contributed by atoms with Gasteiger partial charge in [0, 0.05) is 12.0 Å². The minimum Gasteiger partial charge on any atom is -0.425 e. The number of nitrogens with zero attached hydrogens (tertiary/aromatic N) is 2. The summed E-state index contributed by atoms with van der Waals surface area (Å²) in [6.45, 7) is 1.43. The van der Waals surface area contributed by atoms with E-state index in [1.165, 1.54) is 23.1 Å². The van der Waals surface area contributed by atoms with Crippen LogP contribution in [0.2, 0.25) is 0 Å². The normalized spacial score (nSPS) is 20.3. The molecule has 1 fully saturated rings. The van der Waals surface area contributed by atoms with Crippen LogP contribution in [0.4, 0.5) is 5.69 Å². The number of nitrogens with two attached hydrogens (primary N) is 1. The van der Waals surface area contributed by atoms with E-state index in [0.29, 0.717) is 17.7 Å². The molecule has 0 spiro atoms. The Morgan fingerprint density at radius 2 is 1.90 bits per heavy atom. The van der Waals surface area contributed by atoms with Gasteiger partial charge in [0.2, 0.25) is 11.8 Å². The minimum atomic E-state index is -0.948. The van der Waals surface area contributed by atoms with Gasteiger partial charge in [0.1, 0.15) is 18.0 Å². The monoisotopic (exact) mass is 393 g/mol. The van der Waals surface area contributed by atoms with Crippen LogP contribution in [-0.2, 0) is 9.59 Å². The Hall–Kier alpha value is -3.68. The number of carbonyl (C=O) groups excluding carboxylic acids is 4. The molecular weight excluding hydrogens is 374 g/mol. The van der Waals surface area contributed by atoms with Gasteiger partial charge in [-0.15, -0.1) is 0 Å². The highest BCUT2D eigenvalue weighted by Gasteiger charge is 2.53. The van der Waals surface area contributed by atoms with Gasteiger partial charge in [0.25, 0.3) is 5.91 Å². The average molecular weight is 393 g/mol. The van der Waals surface area contributed by atoms with Gasteiger partial charge in [-0.3, -0.25) is 19.3 Å². The first-order valence-corrected chi connectivity index (χ1v) is 9.16. The van der Waals surface area contributed by atoms with Gasteiger partial charge in [-0.05, 0) is 43.7 Å². The lowest BCUT2D eigenvalue weighted by atomic mass is 9.98. The Morgan fingerprint density at radius 3 is 2.66 bits per heavy atom. The van der Waals surface area contributed by atoms with Crippen molar-refractivity contribution in [1.82, 2.24) is 4.90 Å². The van der Waals surface area contributed by atoms with Crippen molar-refractivity contribution in [3.63, 3.8) is 0 Å². The number of carbonyl (C=O) groups is 4. The Balaban J connectivity index is 1.62. The van der Waals surface area contributed by atoms with Crippen molar-refractivity contribution in [2.75, 3.05) is 11.4 Å². The van der Waals surface area contributed by atoms with Crippen LogP contribution >= 0.6 is 0 Å². The third-order valence-electron chi connectivity index (χ3n) is 5.38. The molecule has 8 heteroatoms. The second kappa shape index (κ2) is 6.73. The van der Waals surface area contributed by atoms with Crippen molar-refractivity contribution < 1.29 is 23.9 Å². The van der Waals surface area contributed by atoms with Crippen molar-refractivity contribution in [3.8, 4) is 5.75 Å². The fourth-order valence-electron chi connectivity index (χ4n) is 3.95. The van der Waals surface area contributed by atoms with Crippen LogP contribution in [0.5, 0.6) is 5.75 Å². The highest BCUT2D eigenvalue weighted by Crippen LogP contribution is 2.43. The standard InChI is InChI=1S/C21H19N3O5/c1-21-10-9-17(25)24(21)16-8-3-2-7-15(16)20(28)23(21)12-18(26)29-14-6-4-5-13(11-14)19(22)27/h2-8,11H,9-10,12H2,1H3,(H2,22,27). The van der Waals surface area contributed by atoms with E-state index < -0.39 is 17.5 Å². The van der Waals surface area contributed by atoms with E-state index in [0.717, 1.165) is 0 Å². The van der Waals surface area contributed by atoms with Crippen LogP contribution in [0.1, 0.15) is 40.5 Å².